The molecule has 9 atom stereocenters. The molecule has 5 aliphatic rings. The van der Waals surface area contributed by atoms with E-state index >= 15 is 0 Å². The fraction of sp³-hybridized carbons (Fsp3) is 0.679. The third-order valence-corrected chi connectivity index (χ3v) is 8.78. The molecule has 10 heteroatoms. The average Bonchev–Trinajstić information content (AvgIpc) is 3.14. The monoisotopic (exact) mass is 531 g/mol. The van der Waals surface area contributed by atoms with E-state index in [9.17, 15) is 14.4 Å². The van der Waals surface area contributed by atoms with Crippen LogP contribution in [-0.4, -0.2) is 48.9 Å². The number of rotatable bonds is 7. The molecule has 6 rings (SSSR count). The minimum Gasteiger partial charge on any atom is -0.467 e. The van der Waals surface area contributed by atoms with Gasteiger partial charge in [-0.15, -0.1) is 0 Å². The predicted octanol–water partition coefficient (Wildman–Crippen LogP) is 3.55. The molecule has 9 unspecified atom stereocenters. The molecule has 4 saturated heterocycles. The minimum absolute atomic E-state index is 0.0258. The van der Waals surface area contributed by atoms with Gasteiger partial charge in [-0.05, 0) is 43.6 Å². The first-order valence-corrected chi connectivity index (χ1v) is 13.5. The highest BCUT2D eigenvalue weighted by atomic mass is 17.3. The van der Waals surface area contributed by atoms with Crippen molar-refractivity contribution in [3.05, 3.63) is 35.9 Å². The molecule has 1 aromatic rings. The van der Waals surface area contributed by atoms with Crippen LogP contribution >= 0.6 is 0 Å². The summed E-state index contributed by atoms with van der Waals surface area (Å²) in [7, 11) is 1.26. The molecule has 1 N–H and O–H groups in total. The van der Waals surface area contributed by atoms with Crippen LogP contribution in [-0.2, 0) is 43.1 Å². The SMILES string of the molecule is COC(=O)C(NC(=O)CCC(=O)OC1OC2OC3(C)CCC4C(C)CCC(C1C)C24OO3)c1ccccc1. The van der Waals surface area contributed by atoms with Crippen molar-refractivity contribution in [3.8, 4) is 0 Å². The molecule has 1 saturated carbocycles. The van der Waals surface area contributed by atoms with Crippen molar-refractivity contribution in [2.75, 3.05) is 7.11 Å². The van der Waals surface area contributed by atoms with Crippen LogP contribution in [0.5, 0.6) is 0 Å². The molecule has 0 radical (unpaired) electrons. The topological polar surface area (TPSA) is 119 Å². The molecular formula is C28H37NO9. The summed E-state index contributed by atoms with van der Waals surface area (Å²) in [5.41, 5.74) is -0.151. The van der Waals surface area contributed by atoms with Crippen LogP contribution in [0.1, 0.15) is 70.9 Å². The van der Waals surface area contributed by atoms with Crippen LogP contribution in [0.15, 0.2) is 30.3 Å². The second-order valence-electron chi connectivity index (χ2n) is 11.2. The number of esters is 2. The van der Waals surface area contributed by atoms with Gasteiger partial charge in [0.1, 0.15) is 0 Å². The molecule has 1 amide bonds. The van der Waals surface area contributed by atoms with Crippen LogP contribution < -0.4 is 5.32 Å². The second kappa shape index (κ2) is 10.6. The minimum atomic E-state index is -0.962. The van der Waals surface area contributed by atoms with Crippen molar-refractivity contribution in [2.24, 2.45) is 23.7 Å². The van der Waals surface area contributed by atoms with Crippen molar-refractivity contribution in [1.29, 1.82) is 0 Å². The van der Waals surface area contributed by atoms with Crippen molar-refractivity contribution >= 4 is 17.8 Å². The molecule has 10 nitrogen and oxygen atoms in total. The maximum Gasteiger partial charge on any atom is 0.333 e. The van der Waals surface area contributed by atoms with E-state index in [0.717, 1.165) is 19.3 Å². The van der Waals surface area contributed by atoms with Crippen LogP contribution in [0.25, 0.3) is 0 Å². The van der Waals surface area contributed by atoms with Gasteiger partial charge in [-0.2, -0.15) is 0 Å². The highest BCUT2D eigenvalue weighted by Gasteiger charge is 2.69. The summed E-state index contributed by atoms with van der Waals surface area (Å²) in [6, 6.07) is 7.82. The molecule has 4 aliphatic heterocycles. The zero-order valence-electron chi connectivity index (χ0n) is 22.3. The summed E-state index contributed by atoms with van der Waals surface area (Å²) in [4.78, 5) is 49.6. The van der Waals surface area contributed by atoms with Crippen LogP contribution in [0, 0.1) is 23.7 Å². The summed E-state index contributed by atoms with van der Waals surface area (Å²) in [5.74, 6) is -2.03. The molecule has 4 heterocycles. The zero-order valence-corrected chi connectivity index (χ0v) is 22.3. The van der Waals surface area contributed by atoms with Gasteiger partial charge in [0.25, 0.3) is 0 Å². The van der Waals surface area contributed by atoms with E-state index in [1.54, 1.807) is 24.3 Å². The first-order chi connectivity index (χ1) is 18.2. The lowest BCUT2D eigenvalue weighted by Gasteiger charge is -2.59. The Balaban J connectivity index is 1.21. The second-order valence-corrected chi connectivity index (χ2v) is 11.2. The summed E-state index contributed by atoms with van der Waals surface area (Å²) in [6.45, 7) is 6.08. The molecule has 1 aromatic carbocycles. The fourth-order valence-corrected chi connectivity index (χ4v) is 6.69. The quantitative estimate of drug-likeness (QED) is 0.416. The van der Waals surface area contributed by atoms with E-state index in [-0.39, 0.29) is 30.6 Å². The Kier molecular flexibility index (Phi) is 7.52. The highest BCUT2D eigenvalue weighted by Crippen LogP contribution is 2.60. The standard InChI is InChI=1S/C28H37NO9/c1-16-10-11-20-17(2)25(35-26-28(20)19(16)14-15-27(3,36-26)37-38-28)34-22(31)13-12-21(30)29-23(24(32)33-4)18-8-6-5-7-9-18/h5-9,16-17,19-20,23,25-26H,10-15H2,1-4H3,(H,29,30). The number of fused-ring (bicyclic) bond motifs is 2. The Labute approximate surface area is 222 Å². The highest BCUT2D eigenvalue weighted by molar-refractivity contribution is 5.87. The Bertz CT molecular complexity index is 1050. The van der Waals surface area contributed by atoms with Gasteiger partial charge in [-0.3, -0.25) is 9.59 Å². The van der Waals surface area contributed by atoms with Gasteiger partial charge >= 0.3 is 11.9 Å². The lowest BCUT2D eigenvalue weighted by molar-refractivity contribution is -0.576. The van der Waals surface area contributed by atoms with E-state index in [0.29, 0.717) is 17.9 Å². The number of hydrogen-bond donors (Lipinski definition) is 1. The number of hydrogen-bond acceptors (Lipinski definition) is 9. The number of carbonyl (C=O) groups excluding carboxylic acids is 3. The van der Waals surface area contributed by atoms with Gasteiger partial charge < -0.3 is 24.3 Å². The van der Waals surface area contributed by atoms with Gasteiger partial charge in [0, 0.05) is 24.7 Å². The van der Waals surface area contributed by atoms with Gasteiger partial charge in [0.2, 0.25) is 18.0 Å². The van der Waals surface area contributed by atoms with Crippen LogP contribution in [0.2, 0.25) is 0 Å². The van der Waals surface area contributed by atoms with Crippen LogP contribution in [0.4, 0.5) is 0 Å². The largest absolute Gasteiger partial charge is 0.467 e. The number of nitrogens with one attached hydrogen (secondary N) is 1. The van der Waals surface area contributed by atoms with E-state index < -0.39 is 47.9 Å². The lowest BCUT2D eigenvalue weighted by atomic mass is 9.58. The lowest BCUT2D eigenvalue weighted by Crippen LogP contribution is -2.70. The maximum absolute atomic E-state index is 12.8. The summed E-state index contributed by atoms with van der Waals surface area (Å²) in [6.07, 6.45) is 1.66. The van der Waals surface area contributed by atoms with Crippen molar-refractivity contribution in [1.82, 2.24) is 5.32 Å². The maximum atomic E-state index is 12.8. The first kappa shape index (κ1) is 27.1. The Morgan fingerprint density at radius 2 is 1.82 bits per heavy atom. The van der Waals surface area contributed by atoms with Gasteiger partial charge in [0.15, 0.2) is 17.9 Å². The van der Waals surface area contributed by atoms with Gasteiger partial charge in [0.05, 0.1) is 13.5 Å². The molecule has 5 fully saturated rings. The van der Waals surface area contributed by atoms with Gasteiger partial charge in [-0.1, -0.05) is 44.2 Å². The number of methoxy groups -OCH3 is 1. The normalized spacial score (nSPS) is 38.3. The molecule has 208 valence electrons. The molecule has 1 aliphatic carbocycles. The average molecular weight is 532 g/mol. The van der Waals surface area contributed by atoms with E-state index in [2.05, 4.69) is 12.2 Å². The zero-order chi connectivity index (χ0) is 27.1. The molecule has 0 aromatic heterocycles. The summed E-state index contributed by atoms with van der Waals surface area (Å²) in [5, 5.41) is 2.65. The fourth-order valence-electron chi connectivity index (χ4n) is 6.69. The third kappa shape index (κ3) is 4.83. The van der Waals surface area contributed by atoms with E-state index in [1.807, 2.05) is 19.9 Å². The van der Waals surface area contributed by atoms with Crippen molar-refractivity contribution < 1.29 is 43.1 Å². The summed E-state index contributed by atoms with van der Waals surface area (Å²) >= 11 is 0. The number of benzene rings is 1. The van der Waals surface area contributed by atoms with Gasteiger partial charge in [-0.25, -0.2) is 14.6 Å². The summed E-state index contributed by atoms with van der Waals surface area (Å²) < 4.78 is 23.1. The Hall–Kier alpha value is -2.53. The Morgan fingerprint density at radius 1 is 1.05 bits per heavy atom. The molecular weight excluding hydrogens is 494 g/mol. The molecule has 2 bridgehead atoms. The number of amides is 1. The Morgan fingerprint density at radius 3 is 2.55 bits per heavy atom. The number of carbonyl (C=O) groups is 3. The van der Waals surface area contributed by atoms with Crippen molar-refractivity contribution in [3.63, 3.8) is 0 Å². The first-order valence-electron chi connectivity index (χ1n) is 13.5. The molecule has 38 heavy (non-hydrogen) atoms. The smallest absolute Gasteiger partial charge is 0.333 e. The predicted molar refractivity (Wildman–Crippen MR) is 131 cm³/mol. The van der Waals surface area contributed by atoms with Crippen LogP contribution in [0.3, 0.4) is 0 Å². The van der Waals surface area contributed by atoms with E-state index in [1.165, 1.54) is 7.11 Å². The number of ether oxygens (including phenoxy) is 4. The third-order valence-electron chi connectivity index (χ3n) is 8.78. The van der Waals surface area contributed by atoms with E-state index in [4.69, 9.17) is 28.7 Å². The molecule has 1 spiro atoms. The van der Waals surface area contributed by atoms with Crippen molar-refractivity contribution in [2.45, 2.75) is 89.3 Å².